The zero-order valence-corrected chi connectivity index (χ0v) is 11.0. The summed E-state index contributed by atoms with van der Waals surface area (Å²) in [5.74, 6) is -2.02. The maximum Gasteiger partial charge on any atom is 0.299 e. The Labute approximate surface area is 116 Å². The second kappa shape index (κ2) is 4.40. The first-order valence-electron chi connectivity index (χ1n) is 5.31. The fourth-order valence-corrected chi connectivity index (χ4v) is 2.68. The first-order chi connectivity index (χ1) is 9.08. The first kappa shape index (κ1) is 12.3. The van der Waals surface area contributed by atoms with Gasteiger partial charge in [0.15, 0.2) is 0 Å². The largest absolute Gasteiger partial charge is 0.299 e. The van der Waals surface area contributed by atoms with E-state index in [1.54, 1.807) is 11.6 Å². The number of rotatable bonds is 2. The number of fused-ring (bicyclic) bond motifs is 1. The van der Waals surface area contributed by atoms with Crippen LogP contribution < -0.4 is 4.90 Å². The van der Waals surface area contributed by atoms with Crippen molar-refractivity contribution in [3.63, 3.8) is 0 Å². The van der Waals surface area contributed by atoms with Crippen molar-refractivity contribution in [3.05, 3.63) is 45.1 Å². The summed E-state index contributed by atoms with van der Waals surface area (Å²) in [6, 6.07) is 2.29. The van der Waals surface area contributed by atoms with Gasteiger partial charge >= 0.3 is 0 Å². The van der Waals surface area contributed by atoms with Gasteiger partial charge in [0.25, 0.3) is 11.7 Å². The fraction of sp³-hybridized carbons (Fsp3) is 0.0833. The first-order valence-corrected chi connectivity index (χ1v) is 6.57. The maximum atomic E-state index is 13.5. The standard InChI is InChI=1S/C12H6ClFN2O2S/c13-7-3-6-9(4-8(7)14)16(12(18)11(6)17)5-10-15-1-2-19-10/h1-4H,5H2. The third kappa shape index (κ3) is 1.93. The van der Waals surface area contributed by atoms with Crippen molar-refractivity contribution in [2.24, 2.45) is 0 Å². The number of carbonyl (C=O) groups is 2. The number of Topliss-reactive ketones (excluding diaryl/α,β-unsaturated/α-hetero) is 1. The summed E-state index contributed by atoms with van der Waals surface area (Å²) in [7, 11) is 0. The van der Waals surface area contributed by atoms with Gasteiger partial charge in [-0.15, -0.1) is 11.3 Å². The van der Waals surface area contributed by atoms with Gasteiger partial charge < -0.3 is 0 Å². The van der Waals surface area contributed by atoms with E-state index in [1.165, 1.54) is 22.3 Å². The van der Waals surface area contributed by atoms with Crippen LogP contribution in [0.1, 0.15) is 15.4 Å². The smallest absolute Gasteiger partial charge is 0.298 e. The molecule has 0 radical (unpaired) electrons. The van der Waals surface area contributed by atoms with Gasteiger partial charge in [-0.3, -0.25) is 14.5 Å². The quantitative estimate of drug-likeness (QED) is 0.801. The van der Waals surface area contributed by atoms with Crippen molar-refractivity contribution in [2.45, 2.75) is 6.54 Å². The molecule has 0 unspecified atom stereocenters. The highest BCUT2D eigenvalue weighted by molar-refractivity contribution is 7.09. The fourth-order valence-electron chi connectivity index (χ4n) is 1.91. The molecule has 2 aromatic rings. The summed E-state index contributed by atoms with van der Waals surface area (Å²) in [6.45, 7) is 0.149. The molecule has 0 atom stereocenters. The van der Waals surface area contributed by atoms with Gasteiger partial charge in [0.2, 0.25) is 0 Å². The van der Waals surface area contributed by atoms with E-state index >= 15 is 0 Å². The second-order valence-corrected chi connectivity index (χ2v) is 5.32. The molecule has 0 aliphatic carbocycles. The molecule has 0 saturated carbocycles. The van der Waals surface area contributed by atoms with Crippen LogP contribution in [0.25, 0.3) is 0 Å². The summed E-state index contributed by atoms with van der Waals surface area (Å²) < 4.78 is 13.5. The number of benzene rings is 1. The minimum absolute atomic E-state index is 0.132. The van der Waals surface area contributed by atoms with Crippen molar-refractivity contribution in [1.82, 2.24) is 4.98 Å². The van der Waals surface area contributed by atoms with E-state index in [2.05, 4.69) is 4.98 Å². The molecular formula is C12H6ClFN2O2S. The van der Waals surface area contributed by atoms with E-state index in [-0.39, 0.29) is 22.8 Å². The highest BCUT2D eigenvalue weighted by atomic mass is 35.5. The second-order valence-electron chi connectivity index (χ2n) is 3.93. The minimum Gasteiger partial charge on any atom is -0.298 e. The van der Waals surface area contributed by atoms with Gasteiger partial charge in [-0.05, 0) is 12.1 Å². The molecule has 3 rings (SSSR count). The van der Waals surface area contributed by atoms with Crippen LogP contribution in [-0.2, 0) is 11.3 Å². The number of thiazole rings is 1. The summed E-state index contributed by atoms with van der Waals surface area (Å²) in [6.07, 6.45) is 1.60. The zero-order valence-electron chi connectivity index (χ0n) is 9.39. The van der Waals surface area contributed by atoms with E-state index < -0.39 is 17.5 Å². The van der Waals surface area contributed by atoms with Crippen LogP contribution in [0.15, 0.2) is 23.7 Å². The van der Waals surface area contributed by atoms with E-state index in [1.807, 2.05) is 0 Å². The third-order valence-electron chi connectivity index (χ3n) is 2.79. The average molecular weight is 297 g/mol. The van der Waals surface area contributed by atoms with Crippen LogP contribution >= 0.6 is 22.9 Å². The number of carbonyl (C=O) groups excluding carboxylic acids is 2. The van der Waals surface area contributed by atoms with E-state index in [9.17, 15) is 14.0 Å². The monoisotopic (exact) mass is 296 g/mol. The molecule has 0 N–H and O–H groups in total. The van der Waals surface area contributed by atoms with Crippen molar-refractivity contribution in [3.8, 4) is 0 Å². The number of amides is 1. The summed E-state index contributed by atoms with van der Waals surface area (Å²) in [5, 5.41) is 2.27. The molecular weight excluding hydrogens is 291 g/mol. The molecule has 0 fully saturated rings. The Bertz CT molecular complexity index is 687. The molecule has 96 valence electrons. The predicted molar refractivity (Wildman–Crippen MR) is 69.0 cm³/mol. The van der Waals surface area contributed by atoms with Crippen LogP contribution in [-0.4, -0.2) is 16.7 Å². The highest BCUT2D eigenvalue weighted by Gasteiger charge is 2.37. The molecule has 1 aromatic heterocycles. The van der Waals surface area contributed by atoms with Crippen LogP contribution in [0.2, 0.25) is 5.02 Å². The van der Waals surface area contributed by atoms with E-state index in [4.69, 9.17) is 11.6 Å². The van der Waals surface area contributed by atoms with Gasteiger partial charge in [0, 0.05) is 11.6 Å². The molecule has 4 nitrogen and oxygen atoms in total. The van der Waals surface area contributed by atoms with E-state index in [0.29, 0.717) is 5.01 Å². The molecule has 1 aromatic carbocycles. The minimum atomic E-state index is -0.688. The number of hydrogen-bond donors (Lipinski definition) is 0. The maximum absolute atomic E-state index is 13.5. The molecule has 0 saturated heterocycles. The summed E-state index contributed by atoms with van der Waals surface area (Å²) in [4.78, 5) is 29.0. The van der Waals surface area contributed by atoms with Crippen molar-refractivity contribution in [1.29, 1.82) is 0 Å². The lowest BCUT2D eigenvalue weighted by molar-refractivity contribution is -0.114. The Morgan fingerprint density at radius 3 is 2.84 bits per heavy atom. The molecule has 2 heterocycles. The van der Waals surface area contributed by atoms with Gasteiger partial charge in [-0.2, -0.15) is 0 Å². The van der Waals surface area contributed by atoms with Crippen LogP contribution in [0.3, 0.4) is 0 Å². The molecule has 0 spiro atoms. The Morgan fingerprint density at radius 1 is 1.37 bits per heavy atom. The van der Waals surface area contributed by atoms with Crippen LogP contribution in [0.4, 0.5) is 10.1 Å². The molecule has 7 heteroatoms. The zero-order chi connectivity index (χ0) is 13.6. The van der Waals surface area contributed by atoms with Crippen LogP contribution in [0, 0.1) is 5.82 Å². The number of aromatic nitrogens is 1. The SMILES string of the molecule is O=C1C(=O)N(Cc2nccs2)c2cc(F)c(Cl)cc21. The van der Waals surface area contributed by atoms with Gasteiger partial charge in [-0.1, -0.05) is 11.6 Å². The number of halogens is 2. The number of nitrogens with zero attached hydrogens (tertiary/aromatic N) is 2. The average Bonchev–Trinajstić information content (AvgIpc) is 2.96. The number of hydrogen-bond acceptors (Lipinski definition) is 4. The lowest BCUT2D eigenvalue weighted by Crippen LogP contribution is -2.29. The Balaban J connectivity index is 2.06. The summed E-state index contributed by atoms with van der Waals surface area (Å²) >= 11 is 6.99. The predicted octanol–water partition coefficient (Wildman–Crippen LogP) is 2.67. The van der Waals surface area contributed by atoms with Gasteiger partial charge in [0.1, 0.15) is 10.8 Å². The highest BCUT2D eigenvalue weighted by Crippen LogP contribution is 2.34. The summed E-state index contributed by atoms with van der Waals surface area (Å²) in [5.41, 5.74) is 0.375. The topological polar surface area (TPSA) is 50.3 Å². The molecule has 1 amide bonds. The van der Waals surface area contributed by atoms with Crippen molar-refractivity contribution >= 4 is 40.3 Å². The van der Waals surface area contributed by atoms with Crippen molar-refractivity contribution in [2.75, 3.05) is 4.90 Å². The Hall–Kier alpha value is -1.79. The molecule has 19 heavy (non-hydrogen) atoms. The van der Waals surface area contributed by atoms with E-state index in [0.717, 1.165) is 6.07 Å². The Kier molecular flexibility index (Phi) is 2.83. The van der Waals surface area contributed by atoms with Gasteiger partial charge in [0.05, 0.1) is 22.8 Å². The lowest BCUT2D eigenvalue weighted by Gasteiger charge is -2.14. The number of ketones is 1. The molecule has 1 aliphatic heterocycles. The molecule has 0 bridgehead atoms. The lowest BCUT2D eigenvalue weighted by atomic mass is 10.1. The van der Waals surface area contributed by atoms with Crippen molar-refractivity contribution < 1.29 is 14.0 Å². The Morgan fingerprint density at radius 2 is 2.16 bits per heavy atom. The normalized spacial score (nSPS) is 14.1. The third-order valence-corrected chi connectivity index (χ3v) is 3.84. The number of anilines is 1. The van der Waals surface area contributed by atoms with Gasteiger partial charge in [-0.25, -0.2) is 9.37 Å². The van der Waals surface area contributed by atoms with Crippen LogP contribution in [0.5, 0.6) is 0 Å². The molecule has 1 aliphatic rings.